The van der Waals surface area contributed by atoms with Crippen molar-refractivity contribution < 1.29 is 14.3 Å². The van der Waals surface area contributed by atoms with Gasteiger partial charge in [0.15, 0.2) is 0 Å². The van der Waals surface area contributed by atoms with Crippen LogP contribution in [0.25, 0.3) is 0 Å². The molecule has 6 heteroatoms. The lowest BCUT2D eigenvalue weighted by atomic mass is 10.1. The molecule has 1 aromatic carbocycles. The maximum absolute atomic E-state index is 11.6. The summed E-state index contributed by atoms with van der Waals surface area (Å²) in [5.41, 5.74) is 2.16. The fourth-order valence-corrected chi connectivity index (χ4v) is 2.97. The van der Waals surface area contributed by atoms with Crippen molar-refractivity contribution >= 4 is 34.6 Å². The van der Waals surface area contributed by atoms with E-state index in [0.29, 0.717) is 13.1 Å². The summed E-state index contributed by atoms with van der Waals surface area (Å²) in [4.78, 5) is 23.2. The predicted octanol–water partition coefficient (Wildman–Crippen LogP) is 2.56. The van der Waals surface area contributed by atoms with Crippen molar-refractivity contribution in [3.8, 4) is 0 Å². The summed E-state index contributed by atoms with van der Waals surface area (Å²) >= 11 is 2.14. The fourth-order valence-electron chi connectivity index (χ4n) is 1.97. The van der Waals surface area contributed by atoms with Gasteiger partial charge in [-0.3, -0.25) is 4.79 Å². The van der Waals surface area contributed by atoms with Gasteiger partial charge in [-0.1, -0.05) is 6.07 Å². The summed E-state index contributed by atoms with van der Waals surface area (Å²) < 4.78 is 6.08. The third kappa shape index (κ3) is 3.62. The minimum Gasteiger partial charge on any atom is -0.444 e. The third-order valence-corrected chi connectivity index (χ3v) is 3.58. The number of nitrogens with one attached hydrogen (secondary N) is 2. The Hall–Kier alpha value is -1.31. The Morgan fingerprint density at radius 1 is 1.45 bits per heavy atom. The lowest BCUT2D eigenvalue weighted by molar-refractivity contribution is 0.0523. The van der Waals surface area contributed by atoms with Crippen LogP contribution in [0.15, 0.2) is 12.1 Å². The zero-order valence-electron chi connectivity index (χ0n) is 11.7. The molecule has 2 rings (SSSR count). The zero-order chi connectivity index (χ0) is 14.9. The van der Waals surface area contributed by atoms with E-state index in [4.69, 9.17) is 4.74 Å². The number of benzene rings is 1. The molecule has 0 fully saturated rings. The maximum atomic E-state index is 11.6. The first-order chi connectivity index (χ1) is 9.26. The van der Waals surface area contributed by atoms with Gasteiger partial charge in [-0.05, 0) is 60.6 Å². The second kappa shape index (κ2) is 5.59. The highest BCUT2D eigenvalue weighted by Gasteiger charge is 2.22. The lowest BCUT2D eigenvalue weighted by Gasteiger charge is -2.19. The minimum atomic E-state index is -0.507. The predicted molar refractivity (Wildman–Crippen MR) is 83.4 cm³/mol. The number of amides is 2. The number of hydrogen-bond acceptors (Lipinski definition) is 3. The van der Waals surface area contributed by atoms with Crippen LogP contribution >= 0.6 is 22.6 Å². The lowest BCUT2D eigenvalue weighted by Crippen LogP contribution is -2.32. The Morgan fingerprint density at radius 2 is 2.15 bits per heavy atom. The SMILES string of the molecule is CC(C)(C)OC(=O)NCc1cc(I)c2c(c1)CNC2=O. The second-order valence-corrected chi connectivity index (χ2v) is 6.81. The largest absolute Gasteiger partial charge is 0.444 e. The van der Waals surface area contributed by atoms with Gasteiger partial charge in [0.1, 0.15) is 5.60 Å². The van der Waals surface area contributed by atoms with Gasteiger partial charge in [-0.15, -0.1) is 0 Å². The van der Waals surface area contributed by atoms with Crippen LogP contribution in [0.3, 0.4) is 0 Å². The first-order valence-electron chi connectivity index (χ1n) is 6.32. The highest BCUT2D eigenvalue weighted by molar-refractivity contribution is 14.1. The molecule has 0 spiro atoms. The number of ether oxygens (including phenoxy) is 1. The molecule has 0 bridgehead atoms. The number of carbonyl (C=O) groups is 2. The standard InChI is InChI=1S/C14H17IN2O3/c1-14(2,3)20-13(19)17-6-8-4-9-7-16-12(18)11(9)10(15)5-8/h4-5H,6-7H2,1-3H3,(H,16,18)(H,17,19). The van der Waals surface area contributed by atoms with Crippen molar-refractivity contribution in [1.29, 1.82) is 0 Å². The van der Waals surface area contributed by atoms with E-state index in [-0.39, 0.29) is 5.91 Å². The molecule has 1 aromatic rings. The van der Waals surface area contributed by atoms with Crippen LogP contribution in [0.1, 0.15) is 42.3 Å². The molecule has 2 amide bonds. The van der Waals surface area contributed by atoms with Crippen molar-refractivity contribution in [3.63, 3.8) is 0 Å². The summed E-state index contributed by atoms with van der Waals surface area (Å²) in [5.74, 6) is -0.0314. The number of fused-ring (bicyclic) bond motifs is 1. The third-order valence-electron chi connectivity index (χ3n) is 2.73. The fraction of sp³-hybridized carbons (Fsp3) is 0.429. The zero-order valence-corrected chi connectivity index (χ0v) is 13.8. The van der Waals surface area contributed by atoms with Crippen LogP contribution in [0.4, 0.5) is 4.79 Å². The van der Waals surface area contributed by atoms with Gasteiger partial charge in [0.25, 0.3) is 5.91 Å². The summed E-state index contributed by atoms with van der Waals surface area (Å²) in [6.45, 7) is 6.39. The smallest absolute Gasteiger partial charge is 0.407 e. The molecule has 1 aliphatic heterocycles. The highest BCUT2D eigenvalue weighted by Crippen LogP contribution is 2.23. The van der Waals surface area contributed by atoms with Crippen molar-refractivity contribution in [2.24, 2.45) is 0 Å². The number of rotatable bonds is 2. The van der Waals surface area contributed by atoms with Crippen molar-refractivity contribution in [2.45, 2.75) is 39.5 Å². The Kier molecular flexibility index (Phi) is 4.22. The molecule has 5 nitrogen and oxygen atoms in total. The van der Waals surface area contributed by atoms with Crippen LogP contribution in [-0.4, -0.2) is 17.6 Å². The summed E-state index contributed by atoms with van der Waals surface area (Å²) in [6, 6.07) is 3.84. The second-order valence-electron chi connectivity index (χ2n) is 5.65. The molecule has 2 N–H and O–H groups in total. The molecule has 0 unspecified atom stereocenters. The molecule has 0 aromatic heterocycles. The molecule has 108 valence electrons. The summed E-state index contributed by atoms with van der Waals surface area (Å²) in [6.07, 6.45) is -0.442. The van der Waals surface area contributed by atoms with Crippen LogP contribution in [0.5, 0.6) is 0 Å². The molecule has 0 aliphatic carbocycles. The van der Waals surface area contributed by atoms with Crippen molar-refractivity contribution in [2.75, 3.05) is 0 Å². The van der Waals surface area contributed by atoms with Crippen LogP contribution in [0.2, 0.25) is 0 Å². The first-order valence-corrected chi connectivity index (χ1v) is 7.40. The molecule has 0 saturated carbocycles. The first kappa shape index (κ1) is 15.1. The number of carbonyl (C=O) groups excluding carboxylic acids is 2. The van der Waals surface area contributed by atoms with E-state index in [9.17, 15) is 9.59 Å². The van der Waals surface area contributed by atoms with E-state index < -0.39 is 11.7 Å². The molecule has 20 heavy (non-hydrogen) atoms. The molecular weight excluding hydrogens is 371 g/mol. The van der Waals surface area contributed by atoms with E-state index in [1.807, 2.05) is 32.9 Å². The molecule has 1 aliphatic rings. The van der Waals surface area contributed by atoms with Crippen LogP contribution in [0, 0.1) is 3.57 Å². The molecule has 0 radical (unpaired) electrons. The maximum Gasteiger partial charge on any atom is 0.407 e. The number of alkyl carbamates (subject to hydrolysis) is 1. The topological polar surface area (TPSA) is 67.4 Å². The van der Waals surface area contributed by atoms with E-state index >= 15 is 0 Å². The average Bonchev–Trinajstić information content (AvgIpc) is 2.66. The molecule has 1 heterocycles. The van der Waals surface area contributed by atoms with E-state index in [2.05, 4.69) is 33.2 Å². The Bertz CT molecular complexity index is 564. The summed E-state index contributed by atoms with van der Waals surface area (Å²) in [5, 5.41) is 5.51. The van der Waals surface area contributed by atoms with Gasteiger partial charge in [-0.25, -0.2) is 4.79 Å². The Balaban J connectivity index is 2.03. The van der Waals surface area contributed by atoms with Crippen LogP contribution < -0.4 is 10.6 Å². The minimum absolute atomic E-state index is 0.0314. The van der Waals surface area contributed by atoms with Crippen LogP contribution in [-0.2, 0) is 17.8 Å². The van der Waals surface area contributed by atoms with Crippen molar-refractivity contribution in [3.05, 3.63) is 32.4 Å². The van der Waals surface area contributed by atoms with Gasteiger partial charge in [0.2, 0.25) is 0 Å². The van der Waals surface area contributed by atoms with Crippen molar-refractivity contribution in [1.82, 2.24) is 10.6 Å². The Labute approximate surface area is 131 Å². The average molecular weight is 388 g/mol. The van der Waals surface area contributed by atoms with Gasteiger partial charge < -0.3 is 15.4 Å². The molecule has 0 saturated heterocycles. The van der Waals surface area contributed by atoms with Gasteiger partial charge in [0, 0.05) is 16.7 Å². The van der Waals surface area contributed by atoms with E-state index in [1.54, 1.807) is 0 Å². The van der Waals surface area contributed by atoms with Gasteiger partial charge in [-0.2, -0.15) is 0 Å². The number of halogens is 1. The molecule has 0 atom stereocenters. The number of hydrogen-bond donors (Lipinski definition) is 2. The van der Waals surface area contributed by atoms with Gasteiger partial charge in [0.05, 0.1) is 5.56 Å². The molecular formula is C14H17IN2O3. The quantitative estimate of drug-likeness (QED) is 0.766. The van der Waals surface area contributed by atoms with E-state index in [1.165, 1.54) is 0 Å². The summed E-state index contributed by atoms with van der Waals surface area (Å²) in [7, 11) is 0. The highest BCUT2D eigenvalue weighted by atomic mass is 127. The van der Waals surface area contributed by atoms with E-state index in [0.717, 1.165) is 20.3 Å². The normalized spacial score (nSPS) is 13.7. The van der Waals surface area contributed by atoms with Gasteiger partial charge >= 0.3 is 6.09 Å². The Morgan fingerprint density at radius 3 is 2.80 bits per heavy atom. The monoisotopic (exact) mass is 388 g/mol.